The van der Waals surface area contributed by atoms with Crippen molar-refractivity contribution in [1.82, 2.24) is 0 Å². The van der Waals surface area contributed by atoms with Crippen LogP contribution in [0.5, 0.6) is 0 Å². The van der Waals surface area contributed by atoms with E-state index in [0.29, 0.717) is 11.6 Å². The average Bonchev–Trinajstić information content (AvgIpc) is 2.70. The molecule has 0 saturated heterocycles. The van der Waals surface area contributed by atoms with Crippen LogP contribution in [0.2, 0.25) is 0 Å². The van der Waals surface area contributed by atoms with Crippen LogP contribution in [-0.4, -0.2) is 11.6 Å². The van der Waals surface area contributed by atoms with Crippen molar-refractivity contribution in [3.63, 3.8) is 0 Å². The highest BCUT2D eigenvalue weighted by Crippen LogP contribution is 2.62. The van der Waals surface area contributed by atoms with Crippen molar-refractivity contribution in [2.45, 2.75) is 130 Å². The van der Waals surface area contributed by atoms with Crippen LogP contribution in [0.25, 0.3) is 0 Å². The van der Waals surface area contributed by atoms with Crippen LogP contribution in [-0.2, 0) is 9.59 Å². The molecule has 2 nitrogen and oxygen atoms in total. The smallest absolute Gasteiger partial charge is 0.139 e. The van der Waals surface area contributed by atoms with E-state index in [9.17, 15) is 9.59 Å². The Labute approximate surface area is 208 Å². The van der Waals surface area contributed by atoms with E-state index in [0.717, 1.165) is 61.2 Å². The molecule has 0 radical (unpaired) electrons. The summed E-state index contributed by atoms with van der Waals surface area (Å²) in [6.45, 7) is 9.29. The fourth-order valence-corrected chi connectivity index (χ4v) is 11.0. The zero-order valence-electron chi connectivity index (χ0n) is 22.6. The molecule has 0 atom stereocenters. The van der Waals surface area contributed by atoms with Crippen LogP contribution in [0.1, 0.15) is 130 Å². The molecule has 0 spiro atoms. The van der Waals surface area contributed by atoms with Gasteiger partial charge in [-0.25, -0.2) is 0 Å². The summed E-state index contributed by atoms with van der Waals surface area (Å²) in [5.41, 5.74) is 0.162. The number of hydrogen-bond acceptors (Lipinski definition) is 2. The average molecular weight is 467 g/mol. The molecular weight excluding hydrogens is 416 g/mol. The lowest BCUT2D eigenvalue weighted by atomic mass is 9.47. The second-order valence-corrected chi connectivity index (χ2v) is 16.4. The Balaban J connectivity index is 1.05. The summed E-state index contributed by atoms with van der Waals surface area (Å²) in [5.74, 6) is 6.24. The number of carbonyl (C=O) groups excluding carboxylic acids is 2. The summed E-state index contributed by atoms with van der Waals surface area (Å²) in [6.07, 6.45) is 19.2. The molecule has 8 fully saturated rings. The quantitative estimate of drug-likeness (QED) is 0.343. The lowest BCUT2D eigenvalue weighted by Crippen LogP contribution is -2.51. The number of Topliss-reactive ketones (excluding diaryl/α,β-unsaturated/α-hetero) is 2. The second-order valence-electron chi connectivity index (χ2n) is 16.4. The van der Waals surface area contributed by atoms with Crippen molar-refractivity contribution in [2.24, 2.45) is 57.2 Å². The van der Waals surface area contributed by atoms with E-state index in [-0.39, 0.29) is 21.7 Å². The van der Waals surface area contributed by atoms with Crippen molar-refractivity contribution < 1.29 is 9.59 Å². The van der Waals surface area contributed by atoms with Crippen LogP contribution in [0.3, 0.4) is 0 Å². The van der Waals surface area contributed by atoms with Crippen molar-refractivity contribution in [3.05, 3.63) is 0 Å². The maximum Gasteiger partial charge on any atom is 0.139 e. The molecule has 0 aromatic carbocycles. The van der Waals surface area contributed by atoms with Gasteiger partial charge >= 0.3 is 0 Å². The third-order valence-electron chi connectivity index (χ3n) is 12.0. The van der Waals surface area contributed by atoms with E-state index in [1.54, 1.807) is 0 Å². The SMILES string of the molecule is CC(C)(CCC(C)(C)CC(=O)C12CC3CC(CC(C3)C1)C2)CC(=O)C12CC3CC(CC(C3)C1)C2. The number of carbonyl (C=O) groups is 2. The minimum absolute atomic E-state index is 0.0377. The van der Waals surface area contributed by atoms with Gasteiger partial charge in [-0.05, 0) is 136 Å². The summed E-state index contributed by atoms with van der Waals surface area (Å²) < 4.78 is 0. The van der Waals surface area contributed by atoms with E-state index in [2.05, 4.69) is 27.7 Å². The minimum atomic E-state index is 0.0377. The molecular formula is C32H50O2. The van der Waals surface area contributed by atoms with Crippen molar-refractivity contribution >= 4 is 11.6 Å². The van der Waals surface area contributed by atoms with Gasteiger partial charge in [0.15, 0.2) is 0 Å². The molecule has 8 rings (SSSR count). The molecule has 2 heteroatoms. The Hall–Kier alpha value is -0.660. The fourth-order valence-electron chi connectivity index (χ4n) is 11.0. The summed E-state index contributed by atoms with van der Waals surface area (Å²) in [5, 5.41) is 0. The van der Waals surface area contributed by atoms with Crippen LogP contribution < -0.4 is 0 Å². The van der Waals surface area contributed by atoms with Gasteiger partial charge in [0.05, 0.1) is 0 Å². The molecule has 8 aliphatic carbocycles. The highest BCUT2D eigenvalue weighted by Gasteiger charge is 2.56. The van der Waals surface area contributed by atoms with Gasteiger partial charge in [0.1, 0.15) is 11.6 Å². The normalized spacial score (nSPS) is 44.6. The second kappa shape index (κ2) is 7.92. The summed E-state index contributed by atoms with van der Waals surface area (Å²) in [4.78, 5) is 27.4. The summed E-state index contributed by atoms with van der Waals surface area (Å²) >= 11 is 0. The Bertz CT molecular complexity index is 705. The zero-order chi connectivity index (χ0) is 23.9. The van der Waals surface area contributed by atoms with Gasteiger partial charge in [-0.3, -0.25) is 9.59 Å². The zero-order valence-corrected chi connectivity index (χ0v) is 22.6. The Morgan fingerprint density at radius 2 is 0.765 bits per heavy atom. The number of hydrogen-bond donors (Lipinski definition) is 0. The highest BCUT2D eigenvalue weighted by atomic mass is 16.1. The maximum atomic E-state index is 13.7. The molecule has 0 aromatic rings. The van der Waals surface area contributed by atoms with Crippen LogP contribution >= 0.6 is 0 Å². The van der Waals surface area contributed by atoms with Gasteiger partial charge in [-0.15, -0.1) is 0 Å². The molecule has 8 saturated carbocycles. The van der Waals surface area contributed by atoms with Crippen molar-refractivity contribution in [3.8, 4) is 0 Å². The van der Waals surface area contributed by atoms with E-state index in [1.807, 2.05) is 0 Å². The number of ketones is 2. The third-order valence-corrected chi connectivity index (χ3v) is 12.0. The molecule has 34 heavy (non-hydrogen) atoms. The molecule has 0 aliphatic heterocycles. The monoisotopic (exact) mass is 466 g/mol. The van der Waals surface area contributed by atoms with Gasteiger partial charge in [0.2, 0.25) is 0 Å². The molecule has 0 amide bonds. The first-order valence-electron chi connectivity index (χ1n) is 15.0. The molecule has 0 N–H and O–H groups in total. The van der Waals surface area contributed by atoms with Gasteiger partial charge in [0, 0.05) is 23.7 Å². The Kier molecular flexibility index (Phi) is 5.52. The van der Waals surface area contributed by atoms with Gasteiger partial charge in [0.25, 0.3) is 0 Å². The largest absolute Gasteiger partial charge is 0.299 e. The first kappa shape index (κ1) is 23.7. The molecule has 8 aliphatic rings. The molecule has 190 valence electrons. The van der Waals surface area contributed by atoms with E-state index < -0.39 is 0 Å². The summed E-state index contributed by atoms with van der Waals surface area (Å²) in [7, 11) is 0. The first-order valence-corrected chi connectivity index (χ1v) is 15.0. The topological polar surface area (TPSA) is 34.1 Å². The predicted octanol–water partition coefficient (Wildman–Crippen LogP) is 8.17. The lowest BCUT2D eigenvalue weighted by Gasteiger charge is -2.56. The van der Waals surface area contributed by atoms with Crippen molar-refractivity contribution in [1.29, 1.82) is 0 Å². The Morgan fingerprint density at radius 3 is 1.00 bits per heavy atom. The molecule has 0 unspecified atom stereocenters. The van der Waals surface area contributed by atoms with Crippen LogP contribution in [0.15, 0.2) is 0 Å². The number of rotatable bonds is 9. The maximum absolute atomic E-state index is 13.7. The fraction of sp³-hybridized carbons (Fsp3) is 0.938. The predicted molar refractivity (Wildman–Crippen MR) is 137 cm³/mol. The highest BCUT2D eigenvalue weighted by molar-refractivity contribution is 5.86. The molecule has 8 bridgehead atoms. The first-order chi connectivity index (χ1) is 15.9. The van der Waals surface area contributed by atoms with Gasteiger partial charge < -0.3 is 0 Å². The van der Waals surface area contributed by atoms with Gasteiger partial charge in [-0.1, -0.05) is 27.7 Å². The summed E-state index contributed by atoms with van der Waals surface area (Å²) in [6, 6.07) is 0. The minimum Gasteiger partial charge on any atom is -0.299 e. The van der Waals surface area contributed by atoms with Crippen LogP contribution in [0, 0.1) is 57.2 Å². The Morgan fingerprint density at radius 1 is 0.529 bits per heavy atom. The standard InChI is InChI=1S/C32H50O2/c1-29(2,19-27(33)31-13-21-7-22(14-31)9-23(8-21)15-31)5-6-30(3,4)20-28(34)32-16-24-10-25(17-32)12-26(11-24)18-32/h21-26H,5-20H2,1-4H3. The molecule has 0 aromatic heterocycles. The van der Waals surface area contributed by atoms with Gasteiger partial charge in [-0.2, -0.15) is 0 Å². The van der Waals surface area contributed by atoms with Crippen molar-refractivity contribution in [2.75, 3.05) is 0 Å². The van der Waals surface area contributed by atoms with Crippen LogP contribution in [0.4, 0.5) is 0 Å². The lowest BCUT2D eigenvalue weighted by molar-refractivity contribution is -0.147. The van der Waals surface area contributed by atoms with E-state index >= 15 is 0 Å². The van der Waals surface area contributed by atoms with E-state index in [1.165, 1.54) is 77.0 Å². The van der Waals surface area contributed by atoms with E-state index in [4.69, 9.17) is 0 Å². The third kappa shape index (κ3) is 4.26. The molecule has 0 heterocycles.